The number of nitrogens with one attached hydrogen (secondary N) is 1. The number of carbonyl (C=O) groups is 3. The summed E-state index contributed by atoms with van der Waals surface area (Å²) in [7, 11) is 0. The van der Waals surface area contributed by atoms with E-state index in [-0.39, 0.29) is 13.0 Å². The molecule has 0 saturated heterocycles. The molecule has 3 amide bonds. The first kappa shape index (κ1) is 16.5. The summed E-state index contributed by atoms with van der Waals surface area (Å²) in [5.74, 6) is -1.65. The largest absolute Gasteiger partial charge is 0.481 e. The van der Waals surface area contributed by atoms with Crippen LogP contribution in [0.3, 0.4) is 0 Å². The third kappa shape index (κ3) is 5.52. The molecule has 0 bridgehead atoms. The Bertz CT molecular complexity index is 504. The number of hydrogen-bond donors (Lipinski definition) is 3. The summed E-state index contributed by atoms with van der Waals surface area (Å²) >= 11 is 0. The van der Waals surface area contributed by atoms with Crippen molar-refractivity contribution < 1.29 is 19.5 Å². The third-order valence-electron chi connectivity index (χ3n) is 2.89. The van der Waals surface area contributed by atoms with E-state index in [1.165, 1.54) is 4.90 Å². The Morgan fingerprint density at radius 3 is 2.38 bits per heavy atom. The smallest absolute Gasteiger partial charge is 0.318 e. The molecule has 4 N–H and O–H groups in total. The number of aliphatic carboxylic acids is 1. The van der Waals surface area contributed by atoms with Crippen LogP contribution in [0.5, 0.6) is 0 Å². The number of carboxylic acid groups (broad SMARTS) is 1. The van der Waals surface area contributed by atoms with Crippen LogP contribution in [0.2, 0.25) is 0 Å². The van der Waals surface area contributed by atoms with Crippen molar-refractivity contribution in [3.63, 3.8) is 0 Å². The van der Waals surface area contributed by atoms with E-state index in [4.69, 9.17) is 10.8 Å². The number of primary amides is 1. The summed E-state index contributed by atoms with van der Waals surface area (Å²) in [5.41, 5.74) is 5.76. The van der Waals surface area contributed by atoms with Gasteiger partial charge in [0.2, 0.25) is 5.91 Å². The molecule has 0 heterocycles. The number of amides is 3. The summed E-state index contributed by atoms with van der Waals surface area (Å²) in [6, 6.07) is 7.60. The van der Waals surface area contributed by atoms with Gasteiger partial charge in [-0.05, 0) is 12.5 Å². The maximum absolute atomic E-state index is 12.1. The van der Waals surface area contributed by atoms with Gasteiger partial charge in [-0.15, -0.1) is 0 Å². The maximum atomic E-state index is 12.1. The lowest BCUT2D eigenvalue weighted by Crippen LogP contribution is -2.45. The third-order valence-corrected chi connectivity index (χ3v) is 2.89. The van der Waals surface area contributed by atoms with Crippen molar-refractivity contribution in [2.75, 3.05) is 13.1 Å². The fraction of sp³-hybridized carbons (Fsp3) is 0.357. The van der Waals surface area contributed by atoms with Gasteiger partial charge in [-0.3, -0.25) is 9.59 Å². The molecule has 1 aromatic carbocycles. The topological polar surface area (TPSA) is 113 Å². The quantitative estimate of drug-likeness (QED) is 0.687. The molecule has 7 heteroatoms. The molecule has 0 aliphatic heterocycles. The van der Waals surface area contributed by atoms with Crippen LogP contribution in [0.4, 0.5) is 4.79 Å². The van der Waals surface area contributed by atoms with Gasteiger partial charge in [0.1, 0.15) is 6.54 Å². The van der Waals surface area contributed by atoms with E-state index >= 15 is 0 Å². The predicted octanol–water partition coefficient (Wildman–Crippen LogP) is 0.719. The van der Waals surface area contributed by atoms with E-state index in [2.05, 4.69) is 5.32 Å². The second kappa shape index (κ2) is 7.88. The molecule has 7 nitrogen and oxygen atoms in total. The number of carboxylic acids is 1. The number of carbonyl (C=O) groups excluding carboxylic acids is 2. The zero-order valence-electron chi connectivity index (χ0n) is 11.8. The van der Waals surface area contributed by atoms with Crippen molar-refractivity contribution in [1.82, 2.24) is 10.2 Å². The van der Waals surface area contributed by atoms with Crippen molar-refractivity contribution in [2.24, 2.45) is 5.73 Å². The summed E-state index contributed by atoms with van der Waals surface area (Å²) in [6.07, 6.45) is -0.246. The van der Waals surface area contributed by atoms with Crippen LogP contribution in [-0.4, -0.2) is 41.0 Å². The van der Waals surface area contributed by atoms with Crippen LogP contribution < -0.4 is 11.1 Å². The van der Waals surface area contributed by atoms with E-state index in [9.17, 15) is 14.4 Å². The monoisotopic (exact) mass is 293 g/mol. The highest BCUT2D eigenvalue weighted by Crippen LogP contribution is 2.16. The molecular formula is C14H19N3O4. The van der Waals surface area contributed by atoms with Crippen molar-refractivity contribution in [3.05, 3.63) is 35.9 Å². The highest BCUT2D eigenvalue weighted by Gasteiger charge is 2.21. The van der Waals surface area contributed by atoms with E-state index in [1.54, 1.807) is 37.3 Å². The van der Waals surface area contributed by atoms with Gasteiger partial charge < -0.3 is 21.1 Å². The van der Waals surface area contributed by atoms with Gasteiger partial charge in [0.15, 0.2) is 0 Å². The molecule has 0 radical (unpaired) electrons. The molecule has 114 valence electrons. The molecule has 0 aliphatic carbocycles. The highest BCUT2D eigenvalue weighted by molar-refractivity contribution is 5.83. The lowest BCUT2D eigenvalue weighted by molar-refractivity contribution is -0.137. The predicted molar refractivity (Wildman–Crippen MR) is 76.4 cm³/mol. The summed E-state index contributed by atoms with van der Waals surface area (Å²) in [6.45, 7) is 1.79. The van der Waals surface area contributed by atoms with Crippen molar-refractivity contribution in [2.45, 2.75) is 19.4 Å². The zero-order chi connectivity index (χ0) is 15.8. The van der Waals surface area contributed by atoms with E-state index in [0.717, 1.165) is 0 Å². The van der Waals surface area contributed by atoms with Gasteiger partial charge in [-0.2, -0.15) is 0 Å². The van der Waals surface area contributed by atoms with Gasteiger partial charge in [0, 0.05) is 6.54 Å². The molecule has 0 aliphatic rings. The van der Waals surface area contributed by atoms with Crippen molar-refractivity contribution >= 4 is 17.9 Å². The van der Waals surface area contributed by atoms with E-state index in [1.807, 2.05) is 0 Å². The SMILES string of the molecule is CCN(CC(N)=O)C(=O)NC(CC(=O)O)c1ccccc1. The molecule has 0 spiro atoms. The van der Waals surface area contributed by atoms with Crippen molar-refractivity contribution in [1.29, 1.82) is 0 Å². The molecule has 1 unspecified atom stereocenters. The average Bonchev–Trinajstić information content (AvgIpc) is 2.44. The Balaban J connectivity index is 2.83. The number of nitrogens with two attached hydrogens (primary N) is 1. The van der Waals surface area contributed by atoms with E-state index < -0.39 is 23.9 Å². The average molecular weight is 293 g/mol. The first-order valence-corrected chi connectivity index (χ1v) is 6.54. The minimum atomic E-state index is -1.03. The fourth-order valence-electron chi connectivity index (χ4n) is 1.87. The van der Waals surface area contributed by atoms with Crippen LogP contribution >= 0.6 is 0 Å². The van der Waals surface area contributed by atoms with Gasteiger partial charge >= 0.3 is 12.0 Å². The van der Waals surface area contributed by atoms with Gasteiger partial charge in [0.05, 0.1) is 12.5 Å². The summed E-state index contributed by atoms with van der Waals surface area (Å²) in [5, 5.41) is 11.6. The van der Waals surface area contributed by atoms with Gasteiger partial charge in [0.25, 0.3) is 0 Å². The molecule has 0 saturated carbocycles. The standard InChI is InChI=1S/C14H19N3O4/c1-2-17(9-12(15)18)14(21)16-11(8-13(19)20)10-6-4-3-5-7-10/h3-7,11H,2,8-9H2,1H3,(H2,15,18)(H,16,21)(H,19,20). The molecule has 0 fully saturated rings. The lowest BCUT2D eigenvalue weighted by Gasteiger charge is -2.24. The first-order chi connectivity index (χ1) is 9.93. The first-order valence-electron chi connectivity index (χ1n) is 6.54. The lowest BCUT2D eigenvalue weighted by atomic mass is 10.0. The summed E-state index contributed by atoms with van der Waals surface area (Å²) < 4.78 is 0. The van der Waals surface area contributed by atoms with Crippen molar-refractivity contribution in [3.8, 4) is 0 Å². The van der Waals surface area contributed by atoms with Crippen LogP contribution in [0.1, 0.15) is 24.9 Å². The minimum absolute atomic E-state index is 0.211. The Labute approximate surface area is 122 Å². The normalized spacial score (nSPS) is 11.5. The number of likely N-dealkylation sites (N-methyl/N-ethyl adjacent to an activating group) is 1. The van der Waals surface area contributed by atoms with E-state index in [0.29, 0.717) is 12.1 Å². The summed E-state index contributed by atoms with van der Waals surface area (Å²) in [4.78, 5) is 35.2. The Morgan fingerprint density at radius 1 is 1.29 bits per heavy atom. The van der Waals surface area contributed by atoms with Gasteiger partial charge in [-0.1, -0.05) is 30.3 Å². The molecular weight excluding hydrogens is 274 g/mol. The van der Waals surface area contributed by atoms with Crippen LogP contribution in [-0.2, 0) is 9.59 Å². The number of rotatable bonds is 7. The van der Waals surface area contributed by atoms with Crippen LogP contribution in [0.25, 0.3) is 0 Å². The second-order valence-electron chi connectivity index (χ2n) is 4.49. The van der Waals surface area contributed by atoms with Crippen LogP contribution in [0.15, 0.2) is 30.3 Å². The highest BCUT2D eigenvalue weighted by atomic mass is 16.4. The minimum Gasteiger partial charge on any atom is -0.481 e. The molecule has 1 aromatic rings. The molecule has 0 aromatic heterocycles. The number of hydrogen-bond acceptors (Lipinski definition) is 3. The number of urea groups is 1. The number of benzene rings is 1. The zero-order valence-corrected chi connectivity index (χ0v) is 11.8. The molecule has 21 heavy (non-hydrogen) atoms. The van der Waals surface area contributed by atoms with Crippen LogP contribution in [0, 0.1) is 0 Å². The second-order valence-corrected chi connectivity index (χ2v) is 4.49. The molecule has 1 atom stereocenters. The Kier molecular flexibility index (Phi) is 6.19. The maximum Gasteiger partial charge on any atom is 0.318 e. The number of nitrogens with zero attached hydrogens (tertiary/aromatic N) is 1. The van der Waals surface area contributed by atoms with Gasteiger partial charge in [-0.25, -0.2) is 4.79 Å². The fourth-order valence-corrected chi connectivity index (χ4v) is 1.87. The molecule has 1 rings (SSSR count). The Hall–Kier alpha value is -2.57. The Morgan fingerprint density at radius 2 is 1.90 bits per heavy atom.